The molecule has 1 aromatic rings. The minimum absolute atomic E-state index is 0.267. The summed E-state index contributed by atoms with van der Waals surface area (Å²) in [6.07, 6.45) is 1.83. The van der Waals surface area contributed by atoms with Crippen molar-refractivity contribution in [3.05, 3.63) is 41.5 Å². The fraction of sp³-hybridized carbons (Fsp3) is 0.357. The normalized spacial score (nSPS) is 12.4. The van der Waals surface area contributed by atoms with Crippen LogP contribution in [-0.2, 0) is 9.53 Å². The highest BCUT2D eigenvalue weighted by Crippen LogP contribution is 2.13. The molecule has 0 saturated heterocycles. The van der Waals surface area contributed by atoms with Crippen molar-refractivity contribution in [3.8, 4) is 0 Å². The molecule has 0 fully saturated rings. The third-order valence-electron chi connectivity index (χ3n) is 1.90. The van der Waals surface area contributed by atoms with Crippen LogP contribution in [0.4, 0.5) is 0 Å². The summed E-state index contributed by atoms with van der Waals surface area (Å²) in [5.74, 6) is -0.267. The predicted molar refractivity (Wildman–Crippen MR) is 65.9 cm³/mol. The van der Waals surface area contributed by atoms with Gasteiger partial charge in [0.25, 0.3) is 0 Å². The van der Waals surface area contributed by atoms with E-state index < -0.39 is 5.60 Å². The van der Waals surface area contributed by atoms with Gasteiger partial charge in [0.05, 0.1) is 0 Å². The lowest BCUT2D eigenvalue weighted by atomic mass is 10.1. The first-order valence-electron chi connectivity index (χ1n) is 5.35. The van der Waals surface area contributed by atoms with Crippen LogP contribution < -0.4 is 0 Å². The van der Waals surface area contributed by atoms with Crippen LogP contribution in [-0.4, -0.2) is 11.6 Å². The van der Waals surface area contributed by atoms with Crippen molar-refractivity contribution in [2.45, 2.75) is 33.3 Å². The quantitative estimate of drug-likeness (QED) is 0.561. The Bertz CT molecular complexity index is 383. The Morgan fingerprint density at radius 1 is 1.19 bits per heavy atom. The molecule has 0 aliphatic heterocycles. The largest absolute Gasteiger partial charge is 0.457 e. The Labute approximate surface area is 96.9 Å². The van der Waals surface area contributed by atoms with Gasteiger partial charge in [-0.2, -0.15) is 0 Å². The van der Waals surface area contributed by atoms with Crippen molar-refractivity contribution < 1.29 is 9.53 Å². The minimum atomic E-state index is -0.442. The molecule has 0 N–H and O–H groups in total. The molecule has 16 heavy (non-hydrogen) atoms. The molecule has 0 aromatic heterocycles. The summed E-state index contributed by atoms with van der Waals surface area (Å²) in [5.41, 5.74) is 1.18. The molecule has 0 bridgehead atoms. The summed E-state index contributed by atoms with van der Waals surface area (Å²) in [4.78, 5) is 11.7. The van der Waals surface area contributed by atoms with Crippen LogP contribution in [0.5, 0.6) is 0 Å². The number of esters is 1. The first kappa shape index (κ1) is 12.5. The second-order valence-electron chi connectivity index (χ2n) is 4.74. The van der Waals surface area contributed by atoms with E-state index in [1.165, 1.54) is 0 Å². The minimum Gasteiger partial charge on any atom is -0.457 e. The third kappa shape index (κ3) is 4.30. The van der Waals surface area contributed by atoms with Gasteiger partial charge in [0.1, 0.15) is 5.60 Å². The zero-order chi connectivity index (χ0) is 12.2. The number of rotatable bonds is 2. The van der Waals surface area contributed by atoms with E-state index in [2.05, 4.69) is 0 Å². The highest BCUT2D eigenvalue weighted by Gasteiger charge is 2.17. The number of benzene rings is 1. The lowest BCUT2D eigenvalue weighted by Crippen LogP contribution is -2.24. The highest BCUT2D eigenvalue weighted by atomic mass is 16.6. The lowest BCUT2D eigenvalue weighted by Gasteiger charge is -2.19. The molecule has 0 aliphatic carbocycles. The summed E-state index contributed by atoms with van der Waals surface area (Å²) >= 11 is 0. The molecular weight excluding hydrogens is 200 g/mol. The lowest BCUT2D eigenvalue weighted by molar-refractivity contribution is -0.149. The topological polar surface area (TPSA) is 26.3 Å². The average molecular weight is 218 g/mol. The first-order chi connectivity index (χ1) is 7.38. The Balaban J connectivity index is 2.75. The molecule has 0 amide bonds. The summed E-state index contributed by atoms with van der Waals surface area (Å²) in [6.45, 7) is 7.35. The van der Waals surface area contributed by atoms with Gasteiger partial charge in [-0.15, -0.1) is 0 Å². The van der Waals surface area contributed by atoms with E-state index >= 15 is 0 Å². The van der Waals surface area contributed by atoms with Gasteiger partial charge in [-0.05, 0) is 39.3 Å². The van der Waals surface area contributed by atoms with Crippen LogP contribution >= 0.6 is 0 Å². The number of carbonyl (C=O) groups is 1. The number of hydrogen-bond acceptors (Lipinski definition) is 2. The molecular formula is C14H18O2. The molecule has 86 valence electrons. The summed E-state index contributed by atoms with van der Waals surface area (Å²) < 4.78 is 5.26. The molecule has 0 saturated carbocycles. The predicted octanol–water partition coefficient (Wildman–Crippen LogP) is 3.43. The van der Waals surface area contributed by atoms with Crippen LogP contribution in [0.2, 0.25) is 0 Å². The van der Waals surface area contributed by atoms with E-state index in [9.17, 15) is 4.79 Å². The van der Waals surface area contributed by atoms with Gasteiger partial charge >= 0.3 is 5.97 Å². The van der Waals surface area contributed by atoms with Gasteiger partial charge in [0.15, 0.2) is 0 Å². The van der Waals surface area contributed by atoms with E-state index in [-0.39, 0.29) is 5.97 Å². The molecule has 0 aliphatic rings. The van der Waals surface area contributed by atoms with E-state index in [4.69, 9.17) is 4.74 Å². The summed E-state index contributed by atoms with van der Waals surface area (Å²) in [6, 6.07) is 9.73. The monoisotopic (exact) mass is 218 g/mol. The third-order valence-corrected chi connectivity index (χ3v) is 1.90. The van der Waals surface area contributed by atoms with Crippen molar-refractivity contribution in [1.82, 2.24) is 0 Å². The standard InChI is InChI=1S/C14H18O2/c1-11(13(15)16-14(2,3)4)10-12-8-6-5-7-9-12/h5-10H,1-4H3/b11-10+. The fourth-order valence-electron chi connectivity index (χ4n) is 1.22. The second-order valence-corrected chi connectivity index (χ2v) is 4.74. The smallest absolute Gasteiger partial charge is 0.334 e. The summed E-state index contributed by atoms with van der Waals surface area (Å²) in [5, 5.41) is 0. The van der Waals surface area contributed by atoms with Gasteiger partial charge < -0.3 is 4.74 Å². The fourth-order valence-corrected chi connectivity index (χ4v) is 1.22. The maximum Gasteiger partial charge on any atom is 0.334 e. The number of carbonyl (C=O) groups excluding carboxylic acids is 1. The molecule has 0 heterocycles. The van der Waals surface area contributed by atoms with E-state index in [1.54, 1.807) is 6.92 Å². The van der Waals surface area contributed by atoms with Crippen LogP contribution in [0.15, 0.2) is 35.9 Å². The molecule has 2 heteroatoms. The van der Waals surface area contributed by atoms with Crippen molar-refractivity contribution in [3.63, 3.8) is 0 Å². The SMILES string of the molecule is C/C(=C\c1ccccc1)C(=O)OC(C)(C)C. The van der Waals surface area contributed by atoms with Gasteiger partial charge in [0.2, 0.25) is 0 Å². The molecule has 0 atom stereocenters. The Morgan fingerprint density at radius 3 is 2.25 bits per heavy atom. The van der Waals surface area contributed by atoms with Gasteiger partial charge in [-0.25, -0.2) is 4.79 Å². The molecule has 1 aromatic carbocycles. The number of hydrogen-bond donors (Lipinski definition) is 0. The van der Waals surface area contributed by atoms with Crippen LogP contribution in [0, 0.1) is 0 Å². The van der Waals surface area contributed by atoms with Crippen molar-refractivity contribution in [1.29, 1.82) is 0 Å². The Hall–Kier alpha value is -1.57. The van der Waals surface area contributed by atoms with Crippen molar-refractivity contribution in [2.75, 3.05) is 0 Å². The van der Waals surface area contributed by atoms with Crippen molar-refractivity contribution in [2.24, 2.45) is 0 Å². The van der Waals surface area contributed by atoms with Crippen LogP contribution in [0.25, 0.3) is 6.08 Å². The molecule has 0 spiro atoms. The van der Waals surface area contributed by atoms with Crippen molar-refractivity contribution >= 4 is 12.0 Å². The van der Waals surface area contributed by atoms with Gasteiger partial charge in [-0.3, -0.25) is 0 Å². The van der Waals surface area contributed by atoms with E-state index in [1.807, 2.05) is 57.2 Å². The maximum absolute atomic E-state index is 11.7. The summed E-state index contributed by atoms with van der Waals surface area (Å²) in [7, 11) is 0. The second kappa shape index (κ2) is 4.97. The Kier molecular flexibility index (Phi) is 3.88. The van der Waals surface area contributed by atoms with Crippen LogP contribution in [0.3, 0.4) is 0 Å². The number of ether oxygens (including phenoxy) is 1. The maximum atomic E-state index is 11.7. The van der Waals surface area contributed by atoms with E-state index in [0.29, 0.717) is 5.57 Å². The van der Waals surface area contributed by atoms with Crippen LogP contribution in [0.1, 0.15) is 33.3 Å². The zero-order valence-electron chi connectivity index (χ0n) is 10.3. The Morgan fingerprint density at radius 2 is 1.75 bits per heavy atom. The van der Waals surface area contributed by atoms with Gasteiger partial charge in [-0.1, -0.05) is 30.3 Å². The average Bonchev–Trinajstić information content (AvgIpc) is 2.16. The molecule has 1 rings (SSSR count). The van der Waals surface area contributed by atoms with E-state index in [0.717, 1.165) is 5.56 Å². The van der Waals surface area contributed by atoms with Gasteiger partial charge in [0, 0.05) is 5.57 Å². The molecule has 2 nitrogen and oxygen atoms in total. The zero-order valence-corrected chi connectivity index (χ0v) is 10.3. The molecule has 0 unspecified atom stereocenters. The molecule has 0 radical (unpaired) electrons. The highest BCUT2D eigenvalue weighted by molar-refractivity contribution is 5.93. The first-order valence-corrected chi connectivity index (χ1v) is 5.35.